The molecule has 0 aliphatic heterocycles. The van der Waals surface area contributed by atoms with Crippen LogP contribution < -0.4 is 4.72 Å². The minimum atomic E-state index is -3.61. The minimum Gasteiger partial charge on any atom is -0.468 e. The summed E-state index contributed by atoms with van der Waals surface area (Å²) in [6.45, 7) is 0. The Morgan fingerprint density at radius 3 is 2.08 bits per heavy atom. The second-order valence-corrected chi connectivity index (χ2v) is 7.31. The van der Waals surface area contributed by atoms with Gasteiger partial charge < -0.3 is 4.74 Å². The van der Waals surface area contributed by atoms with E-state index in [1.807, 2.05) is 60.7 Å². The number of carbonyl (C=O) groups is 1. The van der Waals surface area contributed by atoms with Crippen molar-refractivity contribution >= 4 is 16.0 Å². The van der Waals surface area contributed by atoms with Crippen molar-refractivity contribution in [3.05, 3.63) is 71.8 Å². The van der Waals surface area contributed by atoms with Gasteiger partial charge in [-0.3, -0.25) is 4.79 Å². The van der Waals surface area contributed by atoms with Crippen LogP contribution in [0.1, 0.15) is 11.1 Å². The van der Waals surface area contributed by atoms with Gasteiger partial charge in [0.15, 0.2) is 0 Å². The third-order valence-corrected chi connectivity index (χ3v) is 4.98. The molecule has 0 spiro atoms. The van der Waals surface area contributed by atoms with Crippen molar-refractivity contribution in [3.8, 4) is 0 Å². The van der Waals surface area contributed by atoms with Gasteiger partial charge in [0.05, 0.1) is 12.9 Å². The number of hydrogen-bond donors (Lipinski definition) is 1. The van der Waals surface area contributed by atoms with Crippen LogP contribution in [-0.4, -0.2) is 33.3 Å². The number of hydrogen-bond acceptors (Lipinski definition) is 4. The highest BCUT2D eigenvalue weighted by atomic mass is 32.2. The molecule has 6 heteroatoms. The third kappa shape index (κ3) is 5.79. The number of sulfonamides is 1. The van der Waals surface area contributed by atoms with E-state index in [1.54, 1.807) is 0 Å². The number of nitrogens with one attached hydrogen (secondary N) is 1. The molecule has 0 unspecified atom stereocenters. The van der Waals surface area contributed by atoms with E-state index in [0.717, 1.165) is 11.1 Å². The Balaban J connectivity index is 2.03. The third-order valence-electron chi connectivity index (χ3n) is 3.59. The van der Waals surface area contributed by atoms with Gasteiger partial charge in [0.2, 0.25) is 10.0 Å². The Hall–Kier alpha value is -2.18. The first-order chi connectivity index (χ1) is 11.5. The Bertz CT molecular complexity index is 745. The van der Waals surface area contributed by atoms with Crippen LogP contribution in [-0.2, 0) is 32.4 Å². The highest BCUT2D eigenvalue weighted by Gasteiger charge is 2.25. The second kappa shape index (κ2) is 8.61. The Labute approximate surface area is 142 Å². The fourth-order valence-electron chi connectivity index (χ4n) is 2.34. The molecule has 0 aliphatic rings. The zero-order valence-corrected chi connectivity index (χ0v) is 14.3. The zero-order chi connectivity index (χ0) is 17.4. The van der Waals surface area contributed by atoms with Gasteiger partial charge in [-0.05, 0) is 24.0 Å². The summed E-state index contributed by atoms with van der Waals surface area (Å²) in [6, 6.07) is 17.6. The molecule has 1 N–H and O–H groups in total. The lowest BCUT2D eigenvalue weighted by Crippen LogP contribution is -2.44. The average Bonchev–Trinajstić information content (AvgIpc) is 2.60. The number of ether oxygens (including phenoxy) is 1. The normalized spacial score (nSPS) is 12.5. The highest BCUT2D eigenvalue weighted by molar-refractivity contribution is 7.89. The van der Waals surface area contributed by atoms with Crippen molar-refractivity contribution in [1.82, 2.24) is 4.72 Å². The maximum absolute atomic E-state index is 12.3. The quantitative estimate of drug-likeness (QED) is 0.741. The van der Waals surface area contributed by atoms with E-state index in [4.69, 9.17) is 4.74 Å². The zero-order valence-electron chi connectivity index (χ0n) is 13.5. The summed E-state index contributed by atoms with van der Waals surface area (Å²) in [4.78, 5) is 11.9. The topological polar surface area (TPSA) is 72.5 Å². The van der Waals surface area contributed by atoms with Gasteiger partial charge in [0.1, 0.15) is 6.04 Å². The molecule has 1 atom stereocenters. The number of rotatable bonds is 8. The highest BCUT2D eigenvalue weighted by Crippen LogP contribution is 2.07. The van der Waals surface area contributed by atoms with Crippen molar-refractivity contribution in [3.63, 3.8) is 0 Å². The first-order valence-electron chi connectivity index (χ1n) is 7.66. The maximum Gasteiger partial charge on any atom is 0.324 e. The molecule has 2 aromatic rings. The smallest absolute Gasteiger partial charge is 0.324 e. The Kier molecular flexibility index (Phi) is 6.52. The molecule has 0 saturated carbocycles. The van der Waals surface area contributed by atoms with Crippen LogP contribution in [0.25, 0.3) is 0 Å². The van der Waals surface area contributed by atoms with Gasteiger partial charge in [-0.1, -0.05) is 60.7 Å². The van der Waals surface area contributed by atoms with Gasteiger partial charge in [-0.25, -0.2) is 13.1 Å². The largest absolute Gasteiger partial charge is 0.468 e. The monoisotopic (exact) mass is 347 g/mol. The van der Waals surface area contributed by atoms with Gasteiger partial charge in [-0.2, -0.15) is 0 Å². The standard InChI is InChI=1S/C18H21NO4S/c1-23-18(20)17(14-16-10-6-3-7-11-16)19-24(21,22)13-12-15-8-4-2-5-9-15/h2-11,17,19H,12-14H2,1H3/t17-/m1/s1. The molecule has 0 aromatic heterocycles. The SMILES string of the molecule is COC(=O)[C@@H](Cc1ccccc1)NS(=O)(=O)CCc1ccccc1. The summed E-state index contributed by atoms with van der Waals surface area (Å²) in [7, 11) is -2.36. The molecular formula is C18H21NO4S. The first kappa shape index (κ1) is 18.2. The van der Waals surface area contributed by atoms with Gasteiger partial charge in [0, 0.05) is 0 Å². The molecule has 2 aromatic carbocycles. The van der Waals surface area contributed by atoms with Gasteiger partial charge in [-0.15, -0.1) is 0 Å². The van der Waals surface area contributed by atoms with Crippen LogP contribution >= 0.6 is 0 Å². The summed E-state index contributed by atoms with van der Waals surface area (Å²) in [5, 5.41) is 0. The number of benzene rings is 2. The van der Waals surface area contributed by atoms with Crippen LogP contribution in [0.2, 0.25) is 0 Å². The lowest BCUT2D eigenvalue weighted by atomic mass is 10.1. The molecule has 2 rings (SSSR count). The Morgan fingerprint density at radius 2 is 1.54 bits per heavy atom. The van der Waals surface area contributed by atoms with Gasteiger partial charge in [0.25, 0.3) is 0 Å². The molecule has 5 nitrogen and oxygen atoms in total. The molecule has 0 aliphatic carbocycles. The van der Waals surface area contributed by atoms with Crippen molar-refractivity contribution in [2.24, 2.45) is 0 Å². The van der Waals surface area contributed by atoms with Crippen molar-refractivity contribution < 1.29 is 17.9 Å². The molecule has 0 radical (unpaired) electrons. The molecular weight excluding hydrogens is 326 g/mol. The second-order valence-electron chi connectivity index (χ2n) is 5.44. The summed E-state index contributed by atoms with van der Waals surface area (Å²) < 4.78 is 31.8. The van der Waals surface area contributed by atoms with E-state index >= 15 is 0 Å². The number of carbonyl (C=O) groups excluding carboxylic acids is 1. The van der Waals surface area contributed by atoms with E-state index in [-0.39, 0.29) is 12.2 Å². The van der Waals surface area contributed by atoms with Crippen LogP contribution in [0.15, 0.2) is 60.7 Å². The molecule has 0 amide bonds. The molecule has 128 valence electrons. The van der Waals surface area contributed by atoms with Crippen LogP contribution in [0, 0.1) is 0 Å². The number of methoxy groups -OCH3 is 1. The predicted molar refractivity (Wildman–Crippen MR) is 93.0 cm³/mol. The van der Waals surface area contributed by atoms with E-state index in [9.17, 15) is 13.2 Å². The molecule has 24 heavy (non-hydrogen) atoms. The molecule has 0 heterocycles. The Morgan fingerprint density at radius 1 is 1.00 bits per heavy atom. The van der Waals surface area contributed by atoms with Gasteiger partial charge >= 0.3 is 5.97 Å². The van der Waals surface area contributed by atoms with Crippen molar-refractivity contribution in [2.45, 2.75) is 18.9 Å². The van der Waals surface area contributed by atoms with Crippen molar-refractivity contribution in [2.75, 3.05) is 12.9 Å². The number of esters is 1. The van der Waals surface area contributed by atoms with Crippen LogP contribution in [0.4, 0.5) is 0 Å². The van der Waals surface area contributed by atoms with E-state index < -0.39 is 22.0 Å². The summed E-state index contributed by atoms with van der Waals surface area (Å²) in [5.41, 5.74) is 1.79. The maximum atomic E-state index is 12.3. The van der Waals surface area contributed by atoms with Crippen LogP contribution in [0.3, 0.4) is 0 Å². The fourth-order valence-corrected chi connectivity index (χ4v) is 3.57. The summed E-state index contributed by atoms with van der Waals surface area (Å²) in [5.74, 6) is -0.679. The fraction of sp³-hybridized carbons (Fsp3) is 0.278. The van der Waals surface area contributed by atoms with E-state index in [0.29, 0.717) is 6.42 Å². The van der Waals surface area contributed by atoms with E-state index in [2.05, 4.69) is 4.72 Å². The lowest BCUT2D eigenvalue weighted by Gasteiger charge is -2.17. The predicted octanol–water partition coefficient (Wildman–Crippen LogP) is 1.93. The minimum absolute atomic E-state index is 0.0840. The van der Waals surface area contributed by atoms with Crippen LogP contribution in [0.5, 0.6) is 0 Å². The molecule has 0 fully saturated rings. The first-order valence-corrected chi connectivity index (χ1v) is 9.31. The summed E-state index contributed by atoms with van der Waals surface area (Å²) in [6.07, 6.45) is 0.632. The summed E-state index contributed by atoms with van der Waals surface area (Å²) >= 11 is 0. The number of aryl methyl sites for hydroxylation is 1. The van der Waals surface area contributed by atoms with Crippen molar-refractivity contribution in [1.29, 1.82) is 0 Å². The average molecular weight is 347 g/mol. The molecule has 0 saturated heterocycles. The lowest BCUT2D eigenvalue weighted by molar-refractivity contribution is -0.142. The van der Waals surface area contributed by atoms with E-state index in [1.165, 1.54) is 7.11 Å². The molecule has 0 bridgehead atoms.